The van der Waals surface area contributed by atoms with Crippen LogP contribution in [0.5, 0.6) is 0 Å². The standard InChI is InChI=1S/C21H23N2/c1-15(2)19-10-7-11-20(22-19)17-12-13-21(23(4)14-17)18-9-6-5-8-16(18)3/h5-15H,1-4H3/q+1. The summed E-state index contributed by atoms with van der Waals surface area (Å²) < 4.78 is 2.18. The van der Waals surface area contributed by atoms with Crippen molar-refractivity contribution < 1.29 is 4.57 Å². The molecular weight excluding hydrogens is 280 g/mol. The Morgan fingerprint density at radius 3 is 2.39 bits per heavy atom. The van der Waals surface area contributed by atoms with Crippen molar-refractivity contribution >= 4 is 0 Å². The SMILES string of the molecule is Cc1ccccc1-c1ccc(-c2cccc(C(C)C)n2)c[n+]1C. The molecule has 23 heavy (non-hydrogen) atoms. The first-order valence-corrected chi connectivity index (χ1v) is 8.09. The van der Waals surface area contributed by atoms with Gasteiger partial charge in [0.05, 0.1) is 11.3 Å². The Hall–Kier alpha value is -2.48. The Balaban J connectivity index is 2.03. The summed E-state index contributed by atoms with van der Waals surface area (Å²) in [6.07, 6.45) is 2.16. The number of rotatable bonds is 3. The number of hydrogen-bond acceptors (Lipinski definition) is 1. The van der Waals surface area contributed by atoms with Crippen LogP contribution in [0.3, 0.4) is 0 Å². The second-order valence-corrected chi connectivity index (χ2v) is 6.33. The molecule has 0 radical (unpaired) electrons. The molecule has 3 aromatic rings. The highest BCUT2D eigenvalue weighted by Gasteiger charge is 2.14. The lowest BCUT2D eigenvalue weighted by Crippen LogP contribution is -2.30. The summed E-state index contributed by atoms with van der Waals surface area (Å²) in [6, 6.07) is 19.1. The molecule has 2 heteroatoms. The van der Waals surface area contributed by atoms with Crippen LogP contribution in [0.25, 0.3) is 22.5 Å². The smallest absolute Gasteiger partial charge is 0.212 e. The monoisotopic (exact) mass is 303 g/mol. The molecule has 0 saturated carbocycles. The average molecular weight is 303 g/mol. The van der Waals surface area contributed by atoms with Crippen LogP contribution in [0, 0.1) is 6.92 Å². The van der Waals surface area contributed by atoms with Crippen molar-refractivity contribution in [2.24, 2.45) is 7.05 Å². The zero-order chi connectivity index (χ0) is 16.4. The van der Waals surface area contributed by atoms with Crippen LogP contribution in [0.15, 0.2) is 60.8 Å². The van der Waals surface area contributed by atoms with Crippen molar-refractivity contribution in [3.05, 3.63) is 72.1 Å². The van der Waals surface area contributed by atoms with E-state index in [9.17, 15) is 0 Å². The van der Waals surface area contributed by atoms with Gasteiger partial charge in [0.25, 0.3) is 0 Å². The van der Waals surface area contributed by atoms with Gasteiger partial charge in [0.15, 0.2) is 6.20 Å². The van der Waals surface area contributed by atoms with E-state index >= 15 is 0 Å². The lowest BCUT2D eigenvalue weighted by molar-refractivity contribution is -0.659. The Morgan fingerprint density at radius 1 is 0.913 bits per heavy atom. The van der Waals surface area contributed by atoms with E-state index < -0.39 is 0 Å². The van der Waals surface area contributed by atoms with Crippen molar-refractivity contribution in [1.82, 2.24) is 4.98 Å². The Kier molecular flexibility index (Phi) is 4.24. The molecule has 0 aliphatic rings. The Labute approximate surface area is 138 Å². The molecule has 0 fully saturated rings. The highest BCUT2D eigenvalue weighted by Crippen LogP contribution is 2.23. The molecule has 0 aliphatic heterocycles. The fourth-order valence-electron chi connectivity index (χ4n) is 2.83. The average Bonchev–Trinajstić information content (AvgIpc) is 2.56. The first-order valence-electron chi connectivity index (χ1n) is 8.09. The number of hydrogen-bond donors (Lipinski definition) is 0. The van der Waals surface area contributed by atoms with Gasteiger partial charge in [-0.25, -0.2) is 4.57 Å². The highest BCUT2D eigenvalue weighted by atomic mass is 14.9. The van der Waals surface area contributed by atoms with Crippen LogP contribution in [-0.4, -0.2) is 4.98 Å². The number of aryl methyl sites for hydroxylation is 2. The van der Waals surface area contributed by atoms with Crippen molar-refractivity contribution in [3.63, 3.8) is 0 Å². The predicted octanol–water partition coefficient (Wildman–Crippen LogP) is 4.67. The summed E-state index contributed by atoms with van der Waals surface area (Å²) in [5, 5.41) is 0. The minimum absolute atomic E-state index is 0.440. The molecule has 0 aliphatic carbocycles. The molecule has 3 rings (SSSR count). The van der Waals surface area contributed by atoms with Crippen molar-refractivity contribution in [3.8, 4) is 22.5 Å². The van der Waals surface area contributed by atoms with Gasteiger partial charge in [-0.15, -0.1) is 0 Å². The number of aromatic nitrogens is 2. The van der Waals surface area contributed by atoms with Gasteiger partial charge in [0.1, 0.15) is 7.05 Å². The molecule has 0 spiro atoms. The van der Waals surface area contributed by atoms with Gasteiger partial charge in [-0.05, 0) is 42.7 Å². The Bertz CT molecular complexity index is 835. The maximum atomic E-state index is 4.79. The van der Waals surface area contributed by atoms with E-state index in [-0.39, 0.29) is 0 Å². The van der Waals surface area contributed by atoms with E-state index in [0.717, 1.165) is 17.0 Å². The van der Waals surface area contributed by atoms with Gasteiger partial charge in [-0.3, -0.25) is 4.98 Å². The third kappa shape index (κ3) is 3.16. The fraction of sp³-hybridized carbons (Fsp3) is 0.238. The summed E-state index contributed by atoms with van der Waals surface area (Å²) in [7, 11) is 2.09. The van der Waals surface area contributed by atoms with E-state index in [1.165, 1.54) is 16.8 Å². The minimum Gasteiger partial charge on any atom is -0.252 e. The first-order chi connectivity index (χ1) is 11.1. The van der Waals surface area contributed by atoms with Gasteiger partial charge >= 0.3 is 0 Å². The number of pyridine rings is 2. The molecule has 0 atom stereocenters. The predicted molar refractivity (Wildman–Crippen MR) is 95.1 cm³/mol. The maximum Gasteiger partial charge on any atom is 0.212 e. The summed E-state index contributed by atoms with van der Waals surface area (Å²) >= 11 is 0. The fourth-order valence-corrected chi connectivity index (χ4v) is 2.83. The van der Waals surface area contributed by atoms with Gasteiger partial charge in [-0.1, -0.05) is 38.1 Å². The molecular formula is C21H23N2+. The number of nitrogens with zero attached hydrogens (tertiary/aromatic N) is 2. The first kappa shape index (κ1) is 15.4. The van der Waals surface area contributed by atoms with Crippen LogP contribution in [-0.2, 0) is 7.05 Å². The van der Waals surface area contributed by atoms with Gasteiger partial charge < -0.3 is 0 Å². The van der Waals surface area contributed by atoms with E-state index in [0.29, 0.717) is 5.92 Å². The van der Waals surface area contributed by atoms with E-state index in [1.807, 2.05) is 0 Å². The zero-order valence-electron chi connectivity index (χ0n) is 14.2. The third-order valence-corrected chi connectivity index (χ3v) is 4.21. The minimum atomic E-state index is 0.440. The van der Waals surface area contributed by atoms with Gasteiger partial charge in [-0.2, -0.15) is 0 Å². The molecule has 0 bridgehead atoms. The molecule has 2 aromatic heterocycles. The van der Waals surface area contributed by atoms with Crippen LogP contribution in [0.2, 0.25) is 0 Å². The second-order valence-electron chi connectivity index (χ2n) is 6.33. The van der Waals surface area contributed by atoms with Crippen LogP contribution < -0.4 is 4.57 Å². The van der Waals surface area contributed by atoms with Crippen molar-refractivity contribution in [2.75, 3.05) is 0 Å². The lowest BCUT2D eigenvalue weighted by Gasteiger charge is -2.08. The summed E-state index contributed by atoms with van der Waals surface area (Å²) in [5.41, 5.74) is 7.08. The molecule has 2 nitrogen and oxygen atoms in total. The molecule has 0 N–H and O–H groups in total. The molecule has 0 saturated heterocycles. The van der Waals surface area contributed by atoms with Crippen LogP contribution >= 0.6 is 0 Å². The van der Waals surface area contributed by atoms with E-state index in [4.69, 9.17) is 4.98 Å². The maximum absolute atomic E-state index is 4.79. The zero-order valence-corrected chi connectivity index (χ0v) is 14.2. The van der Waals surface area contributed by atoms with Crippen molar-refractivity contribution in [1.29, 1.82) is 0 Å². The van der Waals surface area contributed by atoms with E-state index in [1.54, 1.807) is 0 Å². The van der Waals surface area contributed by atoms with E-state index in [2.05, 4.69) is 93.2 Å². The highest BCUT2D eigenvalue weighted by molar-refractivity contribution is 5.64. The lowest BCUT2D eigenvalue weighted by atomic mass is 10.0. The molecule has 0 amide bonds. The quantitative estimate of drug-likeness (QED) is 0.642. The normalized spacial score (nSPS) is 11.0. The Morgan fingerprint density at radius 2 is 1.70 bits per heavy atom. The van der Waals surface area contributed by atoms with Gasteiger partial charge in [0, 0.05) is 17.3 Å². The number of benzene rings is 1. The molecule has 116 valence electrons. The van der Waals surface area contributed by atoms with Crippen LogP contribution in [0.1, 0.15) is 31.0 Å². The topological polar surface area (TPSA) is 16.8 Å². The van der Waals surface area contributed by atoms with Gasteiger partial charge in [0.2, 0.25) is 5.69 Å². The van der Waals surface area contributed by atoms with Crippen LogP contribution in [0.4, 0.5) is 0 Å². The summed E-state index contributed by atoms with van der Waals surface area (Å²) in [6.45, 7) is 6.50. The molecule has 2 heterocycles. The van der Waals surface area contributed by atoms with Crippen molar-refractivity contribution in [2.45, 2.75) is 26.7 Å². The third-order valence-electron chi connectivity index (χ3n) is 4.21. The molecule has 0 unspecified atom stereocenters. The summed E-state index contributed by atoms with van der Waals surface area (Å²) in [5.74, 6) is 0.440. The molecule has 1 aromatic carbocycles. The largest absolute Gasteiger partial charge is 0.252 e. The second kappa shape index (κ2) is 6.33. The summed E-state index contributed by atoms with van der Waals surface area (Å²) in [4.78, 5) is 4.79.